The number of hydrogen-bond donors (Lipinski definition) is 14. The first-order valence-corrected chi connectivity index (χ1v) is 23.5. The van der Waals surface area contributed by atoms with E-state index in [0.29, 0.717) is 31.4 Å². The summed E-state index contributed by atoms with van der Waals surface area (Å²) < 4.78 is 2.57. The van der Waals surface area contributed by atoms with Crippen LogP contribution in [0.2, 0.25) is 0 Å². The highest BCUT2D eigenvalue weighted by Gasteiger charge is 2.50. The first-order chi connectivity index (χ1) is 38.0. The van der Waals surface area contributed by atoms with Gasteiger partial charge in [0.2, 0.25) is 41.4 Å². The molecule has 0 radical (unpaired) electrons. The summed E-state index contributed by atoms with van der Waals surface area (Å²) in [5.74, 6) is -3.49. The number of benzene rings is 1. The summed E-state index contributed by atoms with van der Waals surface area (Å²) in [4.78, 5) is 227. The molecule has 1 aromatic carbocycles. The molecule has 15 amide bonds. The minimum absolute atomic E-state index is 0.0744. The molecule has 81 heavy (non-hydrogen) atoms. The van der Waals surface area contributed by atoms with E-state index >= 15 is 0 Å². The number of rotatable bonds is 9. The van der Waals surface area contributed by atoms with Crippen LogP contribution >= 0.6 is 0 Å². The Hall–Kier alpha value is -11.0. The fourth-order valence-electron chi connectivity index (χ4n) is 6.64. The van der Waals surface area contributed by atoms with E-state index in [1.807, 2.05) is 52.8 Å². The number of nitrogens with zero attached hydrogens (tertiary/aromatic N) is 3. The van der Waals surface area contributed by atoms with Gasteiger partial charge in [-0.1, -0.05) is 70.5 Å². The van der Waals surface area contributed by atoms with Crippen LogP contribution in [0, 0.1) is 5.41 Å². The summed E-state index contributed by atoms with van der Waals surface area (Å²) in [6.45, 7) is 11.1. The third kappa shape index (κ3) is 18.9. The largest absolute Gasteiger partial charge is 0.333 e. The molecule has 0 atom stereocenters. The lowest BCUT2D eigenvalue weighted by Crippen LogP contribution is -2.64. The second-order valence-corrected chi connectivity index (χ2v) is 16.3. The molecule has 436 valence electrons. The molecular weight excluding hydrogens is 1090 g/mol. The quantitative estimate of drug-likeness (QED) is 0.0421. The van der Waals surface area contributed by atoms with Crippen LogP contribution in [0.25, 0.3) is 0 Å². The zero-order valence-electron chi connectivity index (χ0n) is 43.5. The highest BCUT2D eigenvalue weighted by Crippen LogP contribution is 2.30. The summed E-state index contributed by atoms with van der Waals surface area (Å²) in [7, 11) is 1.26. The Kier molecular flexibility index (Phi) is 25.0. The van der Waals surface area contributed by atoms with Crippen molar-refractivity contribution in [3.8, 4) is 0 Å². The van der Waals surface area contributed by atoms with Gasteiger partial charge in [0.05, 0.1) is 13.1 Å². The summed E-state index contributed by atoms with van der Waals surface area (Å²) >= 11 is 0. The van der Waals surface area contributed by atoms with Crippen molar-refractivity contribution in [3.05, 3.63) is 143 Å². The number of H-pyrrole nitrogens is 6. The van der Waals surface area contributed by atoms with Crippen molar-refractivity contribution < 1.29 is 52.7 Å². The molecule has 3 aromatic heterocycles. The summed E-state index contributed by atoms with van der Waals surface area (Å²) in [6.07, 6.45) is 3.82. The number of imide groups is 7. The average Bonchev–Trinajstić information content (AvgIpc) is 3.91. The van der Waals surface area contributed by atoms with Crippen LogP contribution in [0.1, 0.15) is 71.8 Å². The van der Waals surface area contributed by atoms with Crippen molar-refractivity contribution >= 4 is 65.5 Å². The molecule has 0 bridgehead atoms. The van der Waals surface area contributed by atoms with Gasteiger partial charge in [0.1, 0.15) is 11.8 Å². The van der Waals surface area contributed by atoms with Crippen LogP contribution in [0.4, 0.5) is 19.2 Å². The molecule has 4 fully saturated rings. The van der Waals surface area contributed by atoms with Crippen molar-refractivity contribution in [1.82, 2.24) is 86.1 Å². The van der Waals surface area contributed by atoms with Crippen LogP contribution in [-0.2, 0) is 59.1 Å². The highest BCUT2D eigenvalue weighted by atomic mass is 16.2. The van der Waals surface area contributed by atoms with Gasteiger partial charge in [0.25, 0.3) is 0 Å². The maximum absolute atomic E-state index is 12.0. The standard InChI is InChI=1S/C12H12N2O3.C8H12N2O3.C7H11N3O3.C6H7N3O3.C4H5N3O3.C4H4N2O3.C3H4N2O2/c1-2-12(8-6-4-3-5-7-8)9(15)13-11(17)14-10(12)16;1-3-8(4-2)5(11)9-7(13)10-6(8)12;1-2-3-4-10-6(12)8-5(11)9-7(10)13;1-2-3-9-5(11)7-4(10)8-6(9)12;1-7-3(9)5-2(8)6-4(7)10;7-2-1-3(8)6-4(9)5-2;6-2-1-4-3(7)5-2/h3-7H,2H2,1H3,(H2,13,14,15,16,17);3-4H2,1-2H3,(H2,9,10,11,12,13);2-4H2,1H3,(H2,8,9,11,12,13);2H,1,3H2,(H2,7,8,10,11,12);1H3,(H2,5,6,8,9,10);1H2,(H2,5,6,7,8,9);1H2,(H2,4,5,6,7). The Balaban J connectivity index is 0.000000327. The fourth-order valence-corrected chi connectivity index (χ4v) is 6.64. The minimum atomic E-state index is -1.31. The van der Waals surface area contributed by atoms with Crippen LogP contribution in [-0.4, -0.2) is 116 Å². The molecule has 0 unspecified atom stereocenters. The van der Waals surface area contributed by atoms with Gasteiger partial charge in [-0.15, -0.1) is 6.58 Å². The Morgan fingerprint density at radius 3 is 1.19 bits per heavy atom. The van der Waals surface area contributed by atoms with Crippen molar-refractivity contribution in [1.29, 1.82) is 0 Å². The molecule has 4 aromatic rings. The number of urea groups is 4. The highest BCUT2D eigenvalue weighted by molar-refractivity contribution is 6.23. The predicted molar refractivity (Wildman–Crippen MR) is 275 cm³/mol. The minimum Gasteiger partial charge on any atom is -0.329 e. The van der Waals surface area contributed by atoms with E-state index in [9.17, 15) is 95.9 Å². The summed E-state index contributed by atoms with van der Waals surface area (Å²) in [6, 6.07) is 6.09. The van der Waals surface area contributed by atoms with Crippen molar-refractivity contribution in [2.75, 3.05) is 6.54 Å². The van der Waals surface area contributed by atoms with Gasteiger partial charge in [-0.3, -0.25) is 101 Å². The van der Waals surface area contributed by atoms with Crippen LogP contribution < -0.4 is 93.7 Å². The van der Waals surface area contributed by atoms with Crippen LogP contribution in [0.15, 0.2) is 86.1 Å². The van der Waals surface area contributed by atoms with Gasteiger partial charge in [-0.25, -0.2) is 76.0 Å². The molecular formula is C44H55N17O20. The smallest absolute Gasteiger partial charge is 0.329 e. The zero-order valence-corrected chi connectivity index (χ0v) is 43.5. The van der Waals surface area contributed by atoms with E-state index < -0.39 is 122 Å². The normalized spacial score (nSPS) is 15.2. The number of carbonyl (C=O) groups is 11. The topological polar surface area (TPSA) is 547 Å². The van der Waals surface area contributed by atoms with E-state index in [2.05, 4.69) is 33.2 Å². The number of aromatic nitrogens is 9. The molecule has 4 saturated heterocycles. The number of hydrogen-bond acceptors (Lipinski definition) is 20. The van der Waals surface area contributed by atoms with Gasteiger partial charge in [0, 0.05) is 13.6 Å². The van der Waals surface area contributed by atoms with Gasteiger partial charge in [-0.05, 0) is 31.2 Å². The average molecular weight is 1140 g/mol. The molecule has 0 saturated carbocycles. The maximum atomic E-state index is 12.0. The molecule has 8 rings (SSSR count). The predicted octanol–water partition coefficient (Wildman–Crippen LogP) is -6.37. The molecule has 4 aliphatic rings. The number of nitrogens with one attached hydrogen (secondary N) is 14. The third-order valence-corrected chi connectivity index (χ3v) is 11.0. The number of allylic oxidation sites excluding steroid dienone is 1. The molecule has 0 aliphatic carbocycles. The maximum Gasteiger partial charge on any atom is 0.333 e. The molecule has 37 nitrogen and oxygen atoms in total. The van der Waals surface area contributed by atoms with Crippen molar-refractivity contribution in [2.24, 2.45) is 12.5 Å². The number of unbranched alkanes of at least 4 members (excludes halogenated alkanes) is 1. The molecule has 4 aliphatic heterocycles. The lowest BCUT2D eigenvalue weighted by atomic mass is 9.75. The number of amides is 15. The van der Waals surface area contributed by atoms with Gasteiger partial charge < -0.3 is 5.32 Å². The number of aromatic amines is 6. The van der Waals surface area contributed by atoms with Crippen molar-refractivity contribution in [2.45, 2.75) is 84.7 Å². The second-order valence-electron chi connectivity index (χ2n) is 16.3. The second kappa shape index (κ2) is 30.6. The third-order valence-electron chi connectivity index (χ3n) is 11.0. The lowest BCUT2D eigenvalue weighted by molar-refractivity contribution is -0.145. The molecule has 14 N–H and O–H groups in total. The molecule has 0 spiro atoms. The van der Waals surface area contributed by atoms with Crippen LogP contribution in [0.3, 0.4) is 0 Å². The number of barbiturate groups is 3. The Morgan fingerprint density at radius 2 is 0.852 bits per heavy atom. The molecule has 7 heterocycles. The Labute approximate surface area is 450 Å². The van der Waals surface area contributed by atoms with E-state index in [1.54, 1.807) is 51.1 Å². The van der Waals surface area contributed by atoms with E-state index in [4.69, 9.17) is 0 Å². The van der Waals surface area contributed by atoms with E-state index in [0.717, 1.165) is 26.5 Å². The zero-order chi connectivity index (χ0) is 61.4. The van der Waals surface area contributed by atoms with E-state index in [1.165, 1.54) is 13.1 Å². The van der Waals surface area contributed by atoms with Crippen molar-refractivity contribution in [3.63, 3.8) is 0 Å². The first-order valence-electron chi connectivity index (χ1n) is 23.5. The molecule has 37 heteroatoms. The summed E-state index contributed by atoms with van der Waals surface area (Å²) in [5, 5.41) is 16.6. The number of carbonyl (C=O) groups excluding carboxylic acids is 11. The van der Waals surface area contributed by atoms with Gasteiger partial charge >= 0.3 is 75.3 Å². The summed E-state index contributed by atoms with van der Waals surface area (Å²) in [5.41, 5.74) is -8.33. The fraction of sp³-hybridized carbons (Fsp3) is 0.364. The van der Waals surface area contributed by atoms with Gasteiger partial charge in [0.15, 0.2) is 5.41 Å². The lowest BCUT2D eigenvalue weighted by Gasteiger charge is -2.33. The first kappa shape index (κ1) is 66.1. The van der Waals surface area contributed by atoms with Gasteiger partial charge in [-0.2, -0.15) is 0 Å². The monoisotopic (exact) mass is 1140 g/mol. The Bertz CT molecular complexity index is 3420. The SMILES string of the molecule is C=CCn1c(=O)[nH]c(=O)[nH]c1=O.CCC1(CC)C(=O)NC(=O)NC1=O.CCC1(c2ccccc2)C(=O)NC(=O)NC1=O.CCCCn1c(=O)[nH]c(=O)[nH]c1=O.Cn1c(=O)[nH]c(=O)[nH]c1=O.O=C1CC(=O)NC(=O)N1.O=C1CNC(=O)N1. The van der Waals surface area contributed by atoms with Crippen LogP contribution in [0.5, 0.6) is 0 Å². The Morgan fingerprint density at radius 1 is 0.469 bits per heavy atom. The van der Waals surface area contributed by atoms with E-state index in [-0.39, 0.29) is 25.4 Å².